The smallest absolute Gasteiger partial charge is 0.329 e. The second kappa shape index (κ2) is 5.28. The molecule has 1 atom stereocenters. The molecular formula is C13H17F3N2. The molecule has 1 heterocycles. The minimum absolute atomic E-state index is 0.102. The Morgan fingerprint density at radius 2 is 1.89 bits per heavy atom. The minimum atomic E-state index is -4.29. The summed E-state index contributed by atoms with van der Waals surface area (Å²) < 4.78 is 38.0. The summed E-state index contributed by atoms with van der Waals surface area (Å²) in [6.45, 7) is 2.18. The van der Waals surface area contributed by atoms with E-state index in [0.717, 1.165) is 32.0 Å². The van der Waals surface area contributed by atoms with Crippen LogP contribution in [0.5, 0.6) is 0 Å². The van der Waals surface area contributed by atoms with Crippen molar-refractivity contribution in [2.24, 2.45) is 5.73 Å². The van der Waals surface area contributed by atoms with Gasteiger partial charge >= 0.3 is 6.18 Å². The van der Waals surface area contributed by atoms with Crippen LogP contribution in [0.3, 0.4) is 0 Å². The first-order valence-corrected chi connectivity index (χ1v) is 6.13. The van der Waals surface area contributed by atoms with E-state index in [4.69, 9.17) is 5.73 Å². The van der Waals surface area contributed by atoms with E-state index in [-0.39, 0.29) is 6.04 Å². The molecular weight excluding hydrogens is 241 g/mol. The molecule has 1 aliphatic rings. The number of benzene rings is 1. The molecule has 2 nitrogen and oxygen atoms in total. The van der Waals surface area contributed by atoms with Gasteiger partial charge in [-0.05, 0) is 43.6 Å². The molecule has 0 radical (unpaired) electrons. The van der Waals surface area contributed by atoms with Gasteiger partial charge in [-0.15, -0.1) is 0 Å². The Kier molecular flexibility index (Phi) is 3.92. The lowest BCUT2D eigenvalue weighted by atomic mass is 10.0. The van der Waals surface area contributed by atoms with Crippen molar-refractivity contribution in [3.63, 3.8) is 0 Å². The van der Waals surface area contributed by atoms with Gasteiger partial charge in [0.2, 0.25) is 0 Å². The van der Waals surface area contributed by atoms with Crippen LogP contribution in [0.25, 0.3) is 0 Å². The number of nitrogens with zero attached hydrogens (tertiary/aromatic N) is 1. The molecule has 0 spiro atoms. The van der Waals surface area contributed by atoms with Crippen LogP contribution >= 0.6 is 0 Å². The summed E-state index contributed by atoms with van der Waals surface area (Å²) in [5.41, 5.74) is 5.78. The maximum atomic E-state index is 12.7. The van der Waals surface area contributed by atoms with Crippen LogP contribution in [0.1, 0.15) is 30.0 Å². The van der Waals surface area contributed by atoms with E-state index in [1.165, 1.54) is 12.1 Å². The maximum absolute atomic E-state index is 12.7. The SMILES string of the molecule is NC[C@H](c1cccc(C(F)(F)F)c1)N1CCCC1. The van der Waals surface area contributed by atoms with Crippen molar-refractivity contribution in [1.82, 2.24) is 4.90 Å². The predicted octanol–water partition coefficient (Wildman–Crippen LogP) is 2.80. The largest absolute Gasteiger partial charge is 0.416 e. The molecule has 1 aromatic carbocycles. The topological polar surface area (TPSA) is 29.3 Å². The fourth-order valence-electron chi connectivity index (χ4n) is 2.47. The third kappa shape index (κ3) is 2.84. The standard InChI is InChI=1S/C13H17F3N2/c14-13(15,16)11-5-3-4-10(8-11)12(9-17)18-6-1-2-7-18/h3-5,8,12H,1-2,6-7,9,17H2/t12-/m1/s1. The van der Waals surface area contributed by atoms with Gasteiger partial charge < -0.3 is 5.73 Å². The summed E-state index contributed by atoms with van der Waals surface area (Å²) in [5.74, 6) is 0. The summed E-state index contributed by atoms with van der Waals surface area (Å²) in [6, 6.07) is 5.40. The minimum Gasteiger partial charge on any atom is -0.329 e. The molecule has 5 heteroatoms. The highest BCUT2D eigenvalue weighted by Gasteiger charge is 2.31. The maximum Gasteiger partial charge on any atom is 0.416 e. The first-order chi connectivity index (χ1) is 8.52. The summed E-state index contributed by atoms with van der Waals surface area (Å²) in [5, 5.41) is 0. The zero-order valence-corrected chi connectivity index (χ0v) is 10.1. The van der Waals surface area contributed by atoms with Gasteiger partial charge in [0, 0.05) is 12.6 Å². The molecule has 1 aromatic rings. The average molecular weight is 258 g/mol. The van der Waals surface area contributed by atoms with Gasteiger partial charge in [0.15, 0.2) is 0 Å². The number of alkyl halides is 3. The van der Waals surface area contributed by atoms with E-state index in [1.807, 2.05) is 0 Å². The Morgan fingerprint density at radius 3 is 2.44 bits per heavy atom. The summed E-state index contributed by atoms with van der Waals surface area (Å²) in [7, 11) is 0. The second-order valence-corrected chi connectivity index (χ2v) is 4.62. The van der Waals surface area contributed by atoms with E-state index in [0.29, 0.717) is 12.1 Å². The third-order valence-electron chi connectivity index (χ3n) is 3.40. The zero-order chi connectivity index (χ0) is 13.2. The Labute approximate surface area is 105 Å². The van der Waals surface area contributed by atoms with Crippen LogP contribution < -0.4 is 5.73 Å². The molecule has 1 saturated heterocycles. The monoisotopic (exact) mass is 258 g/mol. The number of hydrogen-bond acceptors (Lipinski definition) is 2. The molecule has 2 rings (SSSR count). The molecule has 0 amide bonds. The van der Waals surface area contributed by atoms with Gasteiger partial charge in [-0.2, -0.15) is 13.2 Å². The van der Waals surface area contributed by atoms with Crippen molar-refractivity contribution in [3.8, 4) is 0 Å². The van der Waals surface area contributed by atoms with E-state index < -0.39 is 11.7 Å². The molecule has 1 fully saturated rings. The van der Waals surface area contributed by atoms with Crippen LogP contribution in [-0.2, 0) is 6.18 Å². The van der Waals surface area contributed by atoms with Crippen LogP contribution in [-0.4, -0.2) is 24.5 Å². The van der Waals surface area contributed by atoms with Gasteiger partial charge in [-0.3, -0.25) is 4.90 Å². The molecule has 18 heavy (non-hydrogen) atoms. The van der Waals surface area contributed by atoms with E-state index in [1.54, 1.807) is 6.07 Å². The molecule has 2 N–H and O–H groups in total. The summed E-state index contributed by atoms with van der Waals surface area (Å²) in [6.07, 6.45) is -2.11. The van der Waals surface area contributed by atoms with Crippen LogP contribution in [0, 0.1) is 0 Å². The zero-order valence-electron chi connectivity index (χ0n) is 10.1. The molecule has 0 unspecified atom stereocenters. The first kappa shape index (κ1) is 13.4. The lowest BCUT2D eigenvalue weighted by Gasteiger charge is -2.27. The number of halogens is 3. The van der Waals surface area contributed by atoms with Crippen molar-refractivity contribution >= 4 is 0 Å². The van der Waals surface area contributed by atoms with Gasteiger partial charge in [0.25, 0.3) is 0 Å². The van der Waals surface area contributed by atoms with Crippen LogP contribution in [0.4, 0.5) is 13.2 Å². The molecule has 1 aliphatic heterocycles. The molecule has 0 bridgehead atoms. The second-order valence-electron chi connectivity index (χ2n) is 4.62. The highest BCUT2D eigenvalue weighted by Crippen LogP contribution is 2.32. The van der Waals surface area contributed by atoms with Crippen molar-refractivity contribution in [2.75, 3.05) is 19.6 Å². The number of rotatable bonds is 3. The highest BCUT2D eigenvalue weighted by atomic mass is 19.4. The Morgan fingerprint density at radius 1 is 1.22 bits per heavy atom. The highest BCUT2D eigenvalue weighted by molar-refractivity contribution is 5.28. The predicted molar refractivity (Wildman–Crippen MR) is 64.0 cm³/mol. The van der Waals surface area contributed by atoms with Crippen molar-refractivity contribution in [2.45, 2.75) is 25.1 Å². The van der Waals surface area contributed by atoms with Gasteiger partial charge in [0.1, 0.15) is 0 Å². The number of likely N-dealkylation sites (tertiary alicyclic amines) is 1. The Bertz CT molecular complexity index is 397. The van der Waals surface area contributed by atoms with Crippen LogP contribution in [0.2, 0.25) is 0 Å². The molecule has 0 aromatic heterocycles. The summed E-state index contributed by atoms with van der Waals surface area (Å²) >= 11 is 0. The Hall–Kier alpha value is -1.07. The van der Waals surface area contributed by atoms with Crippen LogP contribution in [0.15, 0.2) is 24.3 Å². The van der Waals surface area contributed by atoms with E-state index in [2.05, 4.69) is 4.90 Å². The third-order valence-corrected chi connectivity index (χ3v) is 3.40. The molecule has 100 valence electrons. The van der Waals surface area contributed by atoms with E-state index >= 15 is 0 Å². The van der Waals surface area contributed by atoms with Gasteiger partial charge in [-0.1, -0.05) is 12.1 Å². The average Bonchev–Trinajstić information content (AvgIpc) is 2.83. The molecule has 0 aliphatic carbocycles. The normalized spacial score (nSPS) is 19.1. The fourth-order valence-corrected chi connectivity index (χ4v) is 2.47. The van der Waals surface area contributed by atoms with E-state index in [9.17, 15) is 13.2 Å². The number of hydrogen-bond donors (Lipinski definition) is 1. The molecule has 0 saturated carbocycles. The summed E-state index contributed by atoms with van der Waals surface area (Å²) in [4.78, 5) is 2.16. The Balaban J connectivity index is 2.25. The fraction of sp³-hybridized carbons (Fsp3) is 0.538. The quantitative estimate of drug-likeness (QED) is 0.903. The van der Waals surface area contributed by atoms with Crippen molar-refractivity contribution in [1.29, 1.82) is 0 Å². The first-order valence-electron chi connectivity index (χ1n) is 6.13. The number of nitrogens with two attached hydrogens (primary N) is 1. The van der Waals surface area contributed by atoms with Gasteiger partial charge in [0.05, 0.1) is 5.56 Å². The van der Waals surface area contributed by atoms with Crippen molar-refractivity contribution < 1.29 is 13.2 Å². The van der Waals surface area contributed by atoms with Crippen molar-refractivity contribution in [3.05, 3.63) is 35.4 Å². The van der Waals surface area contributed by atoms with Gasteiger partial charge in [-0.25, -0.2) is 0 Å². The lowest BCUT2D eigenvalue weighted by molar-refractivity contribution is -0.137. The lowest BCUT2D eigenvalue weighted by Crippen LogP contribution is -2.31.